The Morgan fingerprint density at radius 2 is 2.24 bits per heavy atom. The molecule has 0 bridgehead atoms. The minimum absolute atomic E-state index is 0.0525. The summed E-state index contributed by atoms with van der Waals surface area (Å²) in [6.45, 7) is 2.10. The number of thiophene rings is 1. The van der Waals surface area contributed by atoms with Crippen molar-refractivity contribution < 1.29 is 24.5 Å². The Hall–Kier alpha value is -2.27. The molecular formula is C13H13N5O5S2. The summed E-state index contributed by atoms with van der Waals surface area (Å²) in [4.78, 5) is 30.8. The Labute approximate surface area is 149 Å². The summed E-state index contributed by atoms with van der Waals surface area (Å²) in [7, 11) is 0. The molecular weight excluding hydrogens is 370 g/mol. The molecule has 0 aromatic carbocycles. The SMILES string of the molecule is C[C@H]1OC[C@]2(c3cc(N=[N+]=[N-])cs3)N=C(N(C(=O)O)C(=O)O)SC[C@H]12. The van der Waals surface area contributed by atoms with Crippen LogP contribution in [0.25, 0.3) is 10.4 Å². The highest BCUT2D eigenvalue weighted by Crippen LogP contribution is 2.50. The molecule has 1 aromatic heterocycles. The number of hydrogen-bond acceptors (Lipinski definition) is 7. The lowest BCUT2D eigenvalue weighted by molar-refractivity contribution is 0.108. The number of rotatable bonds is 2. The van der Waals surface area contributed by atoms with Crippen LogP contribution in [0.1, 0.15) is 11.8 Å². The lowest BCUT2D eigenvalue weighted by Crippen LogP contribution is -2.46. The summed E-state index contributed by atoms with van der Waals surface area (Å²) >= 11 is 2.40. The standard InChI is InChI=1S/C13H13N5O5S2/c1-6-8-4-25-10(18(11(19)20)12(21)22)15-13(8,5-23-6)9-2-7(3-24-9)16-17-14/h2-3,6,8H,4-5H2,1H3,(H,19,20)(H,21,22)/t6-,8-,13+/m1/s1. The fourth-order valence-corrected chi connectivity index (χ4v) is 5.35. The zero-order valence-electron chi connectivity index (χ0n) is 12.9. The Morgan fingerprint density at radius 1 is 1.52 bits per heavy atom. The fraction of sp³-hybridized carbons (Fsp3) is 0.462. The Bertz CT molecular complexity index is 790. The van der Waals surface area contributed by atoms with Gasteiger partial charge in [0, 0.05) is 32.5 Å². The van der Waals surface area contributed by atoms with Crippen LogP contribution in [0.5, 0.6) is 0 Å². The zero-order valence-corrected chi connectivity index (χ0v) is 14.5. The number of carboxylic acid groups (broad SMARTS) is 2. The number of fused-ring (bicyclic) bond motifs is 1. The van der Waals surface area contributed by atoms with Gasteiger partial charge in [0.15, 0.2) is 5.17 Å². The molecule has 3 heterocycles. The third-order valence-electron chi connectivity index (χ3n) is 4.18. The van der Waals surface area contributed by atoms with Crippen LogP contribution in [0.4, 0.5) is 15.3 Å². The van der Waals surface area contributed by atoms with Gasteiger partial charge in [-0.2, -0.15) is 4.90 Å². The maximum absolute atomic E-state index is 11.3. The van der Waals surface area contributed by atoms with E-state index in [1.165, 1.54) is 11.3 Å². The number of ether oxygens (including phenoxy) is 1. The van der Waals surface area contributed by atoms with E-state index in [2.05, 4.69) is 15.0 Å². The van der Waals surface area contributed by atoms with Crippen LogP contribution < -0.4 is 0 Å². The van der Waals surface area contributed by atoms with Gasteiger partial charge < -0.3 is 14.9 Å². The molecule has 1 aromatic rings. The minimum Gasteiger partial charge on any atom is -0.464 e. The number of imide groups is 1. The van der Waals surface area contributed by atoms with Crippen molar-refractivity contribution in [3.63, 3.8) is 0 Å². The molecule has 0 saturated carbocycles. The van der Waals surface area contributed by atoms with Crippen molar-refractivity contribution in [3.05, 3.63) is 26.8 Å². The van der Waals surface area contributed by atoms with Crippen molar-refractivity contribution in [1.82, 2.24) is 4.90 Å². The van der Waals surface area contributed by atoms with Crippen LogP contribution in [0.15, 0.2) is 21.6 Å². The number of nitrogens with zero attached hydrogens (tertiary/aromatic N) is 5. The maximum Gasteiger partial charge on any atom is 0.423 e. The van der Waals surface area contributed by atoms with Crippen LogP contribution in [0.2, 0.25) is 0 Å². The van der Waals surface area contributed by atoms with Gasteiger partial charge in [-0.3, -0.25) is 0 Å². The predicted octanol–water partition coefficient (Wildman–Crippen LogP) is 3.68. The van der Waals surface area contributed by atoms with E-state index in [0.29, 0.717) is 11.4 Å². The summed E-state index contributed by atoms with van der Waals surface area (Å²) in [5.41, 5.74) is 8.11. The Kier molecular flexibility index (Phi) is 4.60. The molecule has 132 valence electrons. The molecule has 3 rings (SSSR count). The van der Waals surface area contributed by atoms with Crippen LogP contribution in [0.3, 0.4) is 0 Å². The molecule has 2 N–H and O–H groups in total. The first-order chi connectivity index (χ1) is 11.9. The highest BCUT2D eigenvalue weighted by molar-refractivity contribution is 8.13. The molecule has 2 aliphatic rings. The molecule has 12 heteroatoms. The summed E-state index contributed by atoms with van der Waals surface area (Å²) in [6.07, 6.45) is -3.34. The number of aliphatic imine (C=N–C) groups is 1. The molecule has 1 fully saturated rings. The van der Waals surface area contributed by atoms with E-state index in [4.69, 9.17) is 10.3 Å². The third kappa shape index (κ3) is 2.93. The van der Waals surface area contributed by atoms with Gasteiger partial charge in [0.25, 0.3) is 0 Å². The Morgan fingerprint density at radius 3 is 2.88 bits per heavy atom. The van der Waals surface area contributed by atoms with E-state index >= 15 is 0 Å². The summed E-state index contributed by atoms with van der Waals surface area (Å²) in [6, 6.07) is 1.68. The van der Waals surface area contributed by atoms with E-state index < -0.39 is 17.7 Å². The molecule has 1 saturated heterocycles. The van der Waals surface area contributed by atoms with E-state index in [0.717, 1.165) is 16.6 Å². The van der Waals surface area contributed by atoms with Crippen LogP contribution >= 0.6 is 23.1 Å². The second-order valence-corrected chi connectivity index (χ2v) is 7.41. The van der Waals surface area contributed by atoms with Gasteiger partial charge in [-0.05, 0) is 18.5 Å². The predicted molar refractivity (Wildman–Crippen MR) is 91.5 cm³/mol. The van der Waals surface area contributed by atoms with Crippen molar-refractivity contribution >= 4 is 46.1 Å². The van der Waals surface area contributed by atoms with Gasteiger partial charge >= 0.3 is 12.2 Å². The van der Waals surface area contributed by atoms with Crippen molar-refractivity contribution in [2.75, 3.05) is 12.4 Å². The van der Waals surface area contributed by atoms with Crippen molar-refractivity contribution in [1.29, 1.82) is 0 Å². The number of amides is 2. The smallest absolute Gasteiger partial charge is 0.423 e. The summed E-state index contributed by atoms with van der Waals surface area (Å²) in [5.74, 6) is 0.412. The lowest BCUT2D eigenvalue weighted by Gasteiger charge is -2.35. The monoisotopic (exact) mass is 383 g/mol. The van der Waals surface area contributed by atoms with Gasteiger partial charge in [0.1, 0.15) is 5.54 Å². The first kappa shape index (κ1) is 17.5. The van der Waals surface area contributed by atoms with Crippen molar-refractivity contribution in [2.24, 2.45) is 16.0 Å². The van der Waals surface area contributed by atoms with Crippen LogP contribution in [-0.4, -0.2) is 50.9 Å². The quantitative estimate of drug-likeness (QED) is 0.452. The average Bonchev–Trinajstić information content (AvgIpc) is 3.13. The van der Waals surface area contributed by atoms with Gasteiger partial charge in [-0.1, -0.05) is 16.9 Å². The second kappa shape index (κ2) is 6.56. The Balaban J connectivity index is 2.10. The zero-order chi connectivity index (χ0) is 18.2. The van der Waals surface area contributed by atoms with Crippen LogP contribution in [-0.2, 0) is 10.3 Å². The first-order valence-electron chi connectivity index (χ1n) is 7.13. The fourth-order valence-electron chi connectivity index (χ4n) is 2.95. The number of amidine groups is 1. The van der Waals surface area contributed by atoms with Gasteiger partial charge in [0.05, 0.1) is 12.7 Å². The molecule has 3 atom stereocenters. The molecule has 2 amide bonds. The lowest BCUT2D eigenvalue weighted by atomic mass is 9.84. The van der Waals surface area contributed by atoms with E-state index in [-0.39, 0.29) is 28.7 Å². The molecule has 25 heavy (non-hydrogen) atoms. The van der Waals surface area contributed by atoms with E-state index in [1.54, 1.807) is 11.4 Å². The van der Waals surface area contributed by atoms with Crippen molar-refractivity contribution in [3.8, 4) is 0 Å². The first-order valence-corrected chi connectivity index (χ1v) is 9.00. The second-order valence-electron chi connectivity index (χ2n) is 5.51. The van der Waals surface area contributed by atoms with Gasteiger partial charge in [0.2, 0.25) is 0 Å². The summed E-state index contributed by atoms with van der Waals surface area (Å²) < 4.78 is 5.75. The number of thioether (sulfide) groups is 1. The molecule has 0 unspecified atom stereocenters. The van der Waals surface area contributed by atoms with Gasteiger partial charge in [-0.25, -0.2) is 14.6 Å². The molecule has 0 aliphatic carbocycles. The molecule has 10 nitrogen and oxygen atoms in total. The topological polar surface area (TPSA) is 148 Å². The highest BCUT2D eigenvalue weighted by Gasteiger charge is 2.53. The highest BCUT2D eigenvalue weighted by atomic mass is 32.2. The number of hydrogen-bond donors (Lipinski definition) is 2. The largest absolute Gasteiger partial charge is 0.464 e. The molecule has 0 spiro atoms. The third-order valence-corrected chi connectivity index (χ3v) is 6.32. The number of carbonyl (C=O) groups is 2. The van der Waals surface area contributed by atoms with Gasteiger partial charge in [-0.15, -0.1) is 11.3 Å². The van der Waals surface area contributed by atoms with E-state index in [9.17, 15) is 19.8 Å². The minimum atomic E-state index is -1.61. The molecule has 0 radical (unpaired) electrons. The average molecular weight is 383 g/mol. The summed E-state index contributed by atoms with van der Waals surface area (Å²) in [5, 5.41) is 23.5. The van der Waals surface area contributed by atoms with E-state index in [1.807, 2.05) is 6.92 Å². The molecule has 2 aliphatic heterocycles. The normalized spacial score (nSPS) is 27.8. The number of azide groups is 1. The maximum atomic E-state index is 11.3. The van der Waals surface area contributed by atoms with Crippen molar-refractivity contribution in [2.45, 2.75) is 18.6 Å². The van der Waals surface area contributed by atoms with Crippen LogP contribution in [0, 0.1) is 5.92 Å².